The minimum Gasteiger partial charge on any atom is -0.321 e. The van der Waals surface area contributed by atoms with Crippen molar-refractivity contribution in [3.63, 3.8) is 0 Å². The Morgan fingerprint density at radius 3 is 2.72 bits per heavy atom. The van der Waals surface area contributed by atoms with Crippen LogP contribution in [-0.4, -0.2) is 0 Å². The molecule has 1 atom stereocenters. The molecule has 0 saturated carbocycles. The van der Waals surface area contributed by atoms with Crippen LogP contribution in [0.2, 0.25) is 5.02 Å². The van der Waals surface area contributed by atoms with Crippen LogP contribution >= 0.6 is 27.5 Å². The summed E-state index contributed by atoms with van der Waals surface area (Å²) in [5.41, 5.74) is 8.89. The van der Waals surface area contributed by atoms with E-state index in [0.29, 0.717) is 0 Å². The fraction of sp³-hybridized carbons (Fsp3) is 0.467. The fourth-order valence-electron chi connectivity index (χ4n) is 2.42. The highest BCUT2D eigenvalue weighted by molar-refractivity contribution is 9.10. The highest BCUT2D eigenvalue weighted by atomic mass is 79.9. The summed E-state index contributed by atoms with van der Waals surface area (Å²) in [5.74, 6) is 0. The van der Waals surface area contributed by atoms with Crippen LogP contribution in [0.5, 0.6) is 0 Å². The van der Waals surface area contributed by atoms with Crippen LogP contribution in [0.25, 0.3) is 0 Å². The van der Waals surface area contributed by atoms with Crippen LogP contribution in [0.3, 0.4) is 0 Å². The average molecular weight is 329 g/mol. The van der Waals surface area contributed by atoms with Gasteiger partial charge in [-0.2, -0.15) is 0 Å². The van der Waals surface area contributed by atoms with Crippen molar-refractivity contribution >= 4 is 27.5 Å². The van der Waals surface area contributed by atoms with E-state index in [4.69, 9.17) is 17.3 Å². The zero-order chi connectivity index (χ0) is 13.0. The predicted octanol–water partition coefficient (Wildman–Crippen LogP) is 5.38. The Kier molecular flexibility index (Phi) is 5.28. The monoisotopic (exact) mass is 327 g/mol. The molecule has 1 aliphatic rings. The first-order valence-corrected chi connectivity index (χ1v) is 7.75. The van der Waals surface area contributed by atoms with Crippen molar-refractivity contribution < 1.29 is 0 Å². The van der Waals surface area contributed by atoms with E-state index in [0.717, 1.165) is 27.9 Å². The zero-order valence-corrected chi connectivity index (χ0v) is 12.8. The lowest BCUT2D eigenvalue weighted by molar-refractivity contribution is 0.602. The Morgan fingerprint density at radius 1 is 1.17 bits per heavy atom. The van der Waals surface area contributed by atoms with Gasteiger partial charge in [0.05, 0.1) is 11.1 Å². The third-order valence-electron chi connectivity index (χ3n) is 3.53. The van der Waals surface area contributed by atoms with Gasteiger partial charge in [0.1, 0.15) is 0 Å². The number of nitrogens with two attached hydrogens (primary N) is 1. The molecule has 0 aromatic heterocycles. The smallest absolute Gasteiger partial charge is 0.0548 e. The molecule has 1 aromatic rings. The van der Waals surface area contributed by atoms with E-state index >= 15 is 0 Å². The second kappa shape index (κ2) is 6.74. The molecule has 0 radical (unpaired) electrons. The summed E-state index contributed by atoms with van der Waals surface area (Å²) < 4.78 is 0.920. The highest BCUT2D eigenvalue weighted by Gasteiger charge is 2.13. The largest absolute Gasteiger partial charge is 0.321 e. The molecule has 1 aromatic carbocycles. The number of hydrogen-bond acceptors (Lipinski definition) is 1. The normalized spacial score (nSPS) is 21.6. The molecule has 0 heterocycles. The molecule has 98 valence electrons. The van der Waals surface area contributed by atoms with Gasteiger partial charge in [0.25, 0.3) is 0 Å². The molecule has 0 aliphatic heterocycles. The second-order valence-corrected chi connectivity index (χ2v) is 6.14. The molecule has 2 N–H and O–H groups in total. The molecule has 18 heavy (non-hydrogen) atoms. The molecular weight excluding hydrogens is 310 g/mol. The predicted molar refractivity (Wildman–Crippen MR) is 81.9 cm³/mol. The van der Waals surface area contributed by atoms with Gasteiger partial charge < -0.3 is 5.73 Å². The highest BCUT2D eigenvalue weighted by Crippen LogP contribution is 2.31. The van der Waals surface area contributed by atoms with Crippen molar-refractivity contribution in [1.82, 2.24) is 0 Å². The first-order valence-electron chi connectivity index (χ1n) is 6.58. The average Bonchev–Trinajstić information content (AvgIpc) is 2.31. The van der Waals surface area contributed by atoms with Crippen LogP contribution in [-0.2, 0) is 0 Å². The standard InChI is InChI=1S/C15H19BrClN/c16-13-10-12(8-9-14(13)17)15(18)11-6-4-2-1-3-5-7-11/h6,8-10,15H,1-5,7,18H2/b11-6+. The van der Waals surface area contributed by atoms with Crippen molar-refractivity contribution in [1.29, 1.82) is 0 Å². The molecule has 0 saturated heterocycles. The quantitative estimate of drug-likeness (QED) is 0.724. The van der Waals surface area contributed by atoms with Gasteiger partial charge in [-0.3, -0.25) is 0 Å². The van der Waals surface area contributed by atoms with Crippen molar-refractivity contribution in [3.8, 4) is 0 Å². The van der Waals surface area contributed by atoms with Gasteiger partial charge in [-0.15, -0.1) is 0 Å². The Bertz CT molecular complexity index is 442. The van der Waals surface area contributed by atoms with E-state index in [2.05, 4.69) is 22.0 Å². The minimum absolute atomic E-state index is 0.0108. The maximum Gasteiger partial charge on any atom is 0.0548 e. The second-order valence-electron chi connectivity index (χ2n) is 4.88. The molecule has 0 amide bonds. The Morgan fingerprint density at radius 2 is 1.94 bits per heavy atom. The number of hydrogen-bond donors (Lipinski definition) is 1. The van der Waals surface area contributed by atoms with Crippen LogP contribution in [0.4, 0.5) is 0 Å². The fourth-order valence-corrected chi connectivity index (χ4v) is 2.93. The van der Waals surface area contributed by atoms with Crippen LogP contribution in [0, 0.1) is 0 Å². The lowest BCUT2D eigenvalue weighted by Crippen LogP contribution is -2.14. The Labute approximate surface area is 123 Å². The molecule has 0 bridgehead atoms. The summed E-state index contributed by atoms with van der Waals surface area (Å²) in [6.07, 6.45) is 9.86. The summed E-state index contributed by atoms with van der Waals surface area (Å²) in [6.45, 7) is 0. The van der Waals surface area contributed by atoms with Gasteiger partial charge in [0.15, 0.2) is 0 Å². The third kappa shape index (κ3) is 3.59. The minimum atomic E-state index is 0.0108. The van der Waals surface area contributed by atoms with Crippen molar-refractivity contribution in [2.24, 2.45) is 5.73 Å². The topological polar surface area (TPSA) is 26.0 Å². The summed E-state index contributed by atoms with van der Waals surface area (Å²) >= 11 is 9.48. The molecule has 0 spiro atoms. The van der Waals surface area contributed by atoms with E-state index in [1.165, 1.54) is 31.3 Å². The molecular formula is C15H19BrClN. The zero-order valence-electron chi connectivity index (χ0n) is 10.5. The van der Waals surface area contributed by atoms with Crippen molar-refractivity contribution in [2.75, 3.05) is 0 Å². The van der Waals surface area contributed by atoms with E-state index < -0.39 is 0 Å². The summed E-state index contributed by atoms with van der Waals surface area (Å²) in [6, 6.07) is 5.98. The summed E-state index contributed by atoms with van der Waals surface area (Å²) in [5, 5.41) is 0.734. The maximum atomic E-state index is 6.38. The van der Waals surface area contributed by atoms with Crippen LogP contribution in [0.15, 0.2) is 34.3 Å². The molecule has 1 unspecified atom stereocenters. The van der Waals surface area contributed by atoms with Gasteiger partial charge >= 0.3 is 0 Å². The molecule has 1 aliphatic carbocycles. The first kappa shape index (κ1) is 14.1. The van der Waals surface area contributed by atoms with Gasteiger partial charge in [0.2, 0.25) is 0 Å². The van der Waals surface area contributed by atoms with Gasteiger partial charge in [-0.1, -0.05) is 42.2 Å². The number of halogens is 2. The van der Waals surface area contributed by atoms with E-state index in [1.54, 1.807) is 0 Å². The third-order valence-corrected chi connectivity index (χ3v) is 4.74. The van der Waals surface area contributed by atoms with Gasteiger partial charge in [-0.05, 0) is 59.3 Å². The van der Waals surface area contributed by atoms with E-state index in [1.807, 2.05) is 18.2 Å². The van der Waals surface area contributed by atoms with Crippen molar-refractivity contribution in [3.05, 3.63) is 44.9 Å². The lowest BCUT2D eigenvalue weighted by atomic mass is 9.91. The summed E-state index contributed by atoms with van der Waals surface area (Å²) in [4.78, 5) is 0. The van der Waals surface area contributed by atoms with E-state index in [9.17, 15) is 0 Å². The lowest BCUT2D eigenvalue weighted by Gasteiger charge is -2.19. The van der Waals surface area contributed by atoms with Gasteiger partial charge in [-0.25, -0.2) is 0 Å². The van der Waals surface area contributed by atoms with Crippen molar-refractivity contribution in [2.45, 2.75) is 44.6 Å². The van der Waals surface area contributed by atoms with Crippen LogP contribution < -0.4 is 5.73 Å². The van der Waals surface area contributed by atoms with E-state index in [-0.39, 0.29) is 6.04 Å². The number of allylic oxidation sites excluding steroid dienone is 1. The number of rotatable bonds is 2. The molecule has 1 nitrogen and oxygen atoms in total. The molecule has 2 rings (SSSR count). The summed E-state index contributed by atoms with van der Waals surface area (Å²) in [7, 11) is 0. The SMILES string of the molecule is NC(/C1=C/CCCCCC1)c1ccc(Cl)c(Br)c1. The van der Waals surface area contributed by atoms with Crippen LogP contribution in [0.1, 0.15) is 50.1 Å². The maximum absolute atomic E-state index is 6.38. The first-order chi connectivity index (χ1) is 8.68. The Balaban J connectivity index is 2.18. The Hall–Kier alpha value is -0.310. The molecule has 0 fully saturated rings. The van der Waals surface area contributed by atoms with Gasteiger partial charge in [0, 0.05) is 4.47 Å². The number of benzene rings is 1. The molecule has 3 heteroatoms.